The number of aliphatic hydroxyl groups excluding tert-OH is 4. The molecule has 1 heterocycles. The second-order valence-electron chi connectivity index (χ2n) is 10.3. The number of aliphatic hydroxyl groups is 4. The summed E-state index contributed by atoms with van der Waals surface area (Å²) in [5.74, 6) is -2.93. The fourth-order valence-electron chi connectivity index (χ4n) is 5.16. The summed E-state index contributed by atoms with van der Waals surface area (Å²) >= 11 is 0.986. The summed E-state index contributed by atoms with van der Waals surface area (Å²) in [6.45, 7) is 3.36. The number of rotatable bonds is 11. The Balaban J connectivity index is 1.58. The molecule has 1 aromatic carbocycles. The number of carbonyl (C=O) groups excluding carboxylic acids is 2. The Morgan fingerprint density at radius 3 is 2.38 bits per heavy atom. The number of carbonyl (C=O) groups is 2. The highest BCUT2D eigenvalue weighted by Crippen LogP contribution is 2.36. The average Bonchev–Trinajstić information content (AvgIpc) is 3.36. The number of hydrogen-bond donors (Lipinski definition) is 8. The molecule has 0 spiro atoms. The topological polar surface area (TPSA) is 206 Å². The van der Waals surface area contributed by atoms with Gasteiger partial charge in [-0.1, -0.05) is 19.8 Å². The molecule has 0 radical (unpaired) electrons. The van der Waals surface area contributed by atoms with Crippen LogP contribution >= 0.6 is 11.8 Å². The fraction of sp³-hybridized carbons (Fsp3) is 0.692. The zero-order valence-electron chi connectivity index (χ0n) is 22.0. The van der Waals surface area contributed by atoms with E-state index in [4.69, 9.17) is 9.47 Å². The van der Waals surface area contributed by atoms with E-state index in [1.165, 1.54) is 6.92 Å². The molecule has 3 rings (SSSR count). The van der Waals surface area contributed by atoms with Crippen LogP contribution in [0, 0.1) is 11.8 Å². The van der Waals surface area contributed by atoms with E-state index in [1.807, 2.05) is 0 Å². The predicted octanol–water partition coefficient (Wildman–Crippen LogP) is 0.583. The molecule has 9 atom stereocenters. The molecule has 1 amide bonds. The largest absolute Gasteiger partial charge is 0.504 e. The first-order chi connectivity index (χ1) is 18.4. The van der Waals surface area contributed by atoms with Crippen molar-refractivity contribution in [3.63, 3.8) is 0 Å². The summed E-state index contributed by atoms with van der Waals surface area (Å²) < 4.78 is 10.9. The SMILES string of the molecule is CCC[C@H]1CC[C@H](C(=O)N[C@@H]([C@H]2O[C@H](SCCOC(=O)c3cc(O)c(O)c(O)c3)[C@H](O)[C@@H](O)[C@H]2O)[C@@H](C)O)C1. The minimum Gasteiger partial charge on any atom is -0.504 e. The maximum Gasteiger partial charge on any atom is 0.338 e. The summed E-state index contributed by atoms with van der Waals surface area (Å²) in [5.41, 5.74) is -1.27. The van der Waals surface area contributed by atoms with Gasteiger partial charge in [0, 0.05) is 11.7 Å². The molecule has 0 unspecified atom stereocenters. The van der Waals surface area contributed by atoms with Gasteiger partial charge in [0.05, 0.1) is 17.7 Å². The van der Waals surface area contributed by atoms with E-state index in [-0.39, 0.29) is 29.7 Å². The first kappa shape index (κ1) is 31.2. The molecule has 0 bridgehead atoms. The highest BCUT2D eigenvalue weighted by atomic mass is 32.2. The molecule has 39 heavy (non-hydrogen) atoms. The number of phenols is 3. The van der Waals surface area contributed by atoms with Crippen molar-refractivity contribution in [2.24, 2.45) is 11.8 Å². The van der Waals surface area contributed by atoms with Crippen LogP contribution in [0.15, 0.2) is 12.1 Å². The average molecular weight is 574 g/mol. The van der Waals surface area contributed by atoms with Crippen molar-refractivity contribution < 1.29 is 54.8 Å². The van der Waals surface area contributed by atoms with Crippen molar-refractivity contribution in [1.29, 1.82) is 0 Å². The van der Waals surface area contributed by atoms with Gasteiger partial charge in [0.2, 0.25) is 5.91 Å². The molecule has 12 nitrogen and oxygen atoms in total. The molecular weight excluding hydrogens is 534 g/mol. The molecule has 1 aromatic rings. The van der Waals surface area contributed by atoms with E-state index in [9.17, 15) is 45.3 Å². The van der Waals surface area contributed by atoms with Gasteiger partial charge in [0.1, 0.15) is 36.5 Å². The van der Waals surface area contributed by atoms with Gasteiger partial charge in [-0.25, -0.2) is 4.79 Å². The number of nitrogens with one attached hydrogen (secondary N) is 1. The van der Waals surface area contributed by atoms with Crippen molar-refractivity contribution in [3.05, 3.63) is 17.7 Å². The van der Waals surface area contributed by atoms with Crippen LogP contribution in [0.3, 0.4) is 0 Å². The molecule has 0 aromatic heterocycles. The maximum absolute atomic E-state index is 13.0. The Labute approximate surface area is 231 Å². The maximum atomic E-state index is 13.0. The zero-order valence-corrected chi connectivity index (χ0v) is 22.8. The summed E-state index contributed by atoms with van der Waals surface area (Å²) in [7, 11) is 0. The summed E-state index contributed by atoms with van der Waals surface area (Å²) in [5, 5.41) is 73.3. The van der Waals surface area contributed by atoms with Crippen LogP contribution in [0.4, 0.5) is 0 Å². The second-order valence-corrected chi connectivity index (χ2v) is 11.5. The molecule has 13 heteroatoms. The van der Waals surface area contributed by atoms with E-state index in [0.717, 1.165) is 56.0 Å². The Morgan fingerprint density at radius 1 is 1.10 bits per heavy atom. The van der Waals surface area contributed by atoms with Crippen LogP contribution < -0.4 is 5.32 Å². The highest BCUT2D eigenvalue weighted by molar-refractivity contribution is 7.99. The van der Waals surface area contributed by atoms with E-state index >= 15 is 0 Å². The molecule has 220 valence electrons. The molecule has 1 aliphatic carbocycles. The number of esters is 1. The van der Waals surface area contributed by atoms with E-state index in [2.05, 4.69) is 12.2 Å². The summed E-state index contributed by atoms with van der Waals surface area (Å²) in [6, 6.07) is 0.817. The number of amides is 1. The monoisotopic (exact) mass is 573 g/mol. The first-order valence-electron chi connectivity index (χ1n) is 13.2. The lowest BCUT2D eigenvalue weighted by atomic mass is 9.91. The molecular formula is C26H39NO11S. The van der Waals surface area contributed by atoms with Gasteiger partial charge in [-0.3, -0.25) is 4.79 Å². The lowest BCUT2D eigenvalue weighted by molar-refractivity contribution is -0.211. The molecule has 1 saturated heterocycles. The zero-order chi connectivity index (χ0) is 28.9. The Kier molecular flexibility index (Phi) is 11.1. The Hall–Kier alpha value is -2.29. The van der Waals surface area contributed by atoms with Crippen LogP contribution in [0.5, 0.6) is 17.2 Å². The molecule has 2 fully saturated rings. The molecule has 2 aliphatic rings. The van der Waals surface area contributed by atoms with Crippen LogP contribution in [0.1, 0.15) is 56.3 Å². The summed E-state index contributed by atoms with van der Waals surface area (Å²) in [4.78, 5) is 25.2. The van der Waals surface area contributed by atoms with Crippen molar-refractivity contribution in [3.8, 4) is 17.2 Å². The Morgan fingerprint density at radius 2 is 1.77 bits per heavy atom. The van der Waals surface area contributed by atoms with Crippen LogP contribution in [-0.2, 0) is 14.3 Å². The van der Waals surface area contributed by atoms with E-state index in [1.54, 1.807) is 0 Å². The Bertz CT molecular complexity index is 970. The van der Waals surface area contributed by atoms with Crippen molar-refractivity contribution in [2.75, 3.05) is 12.4 Å². The summed E-state index contributed by atoms with van der Waals surface area (Å²) in [6.07, 6.45) is -2.52. The third kappa shape index (κ3) is 7.68. The van der Waals surface area contributed by atoms with E-state index in [0.29, 0.717) is 5.92 Å². The van der Waals surface area contributed by atoms with Crippen LogP contribution in [0.25, 0.3) is 0 Å². The number of hydrogen-bond acceptors (Lipinski definition) is 12. The van der Waals surface area contributed by atoms with Crippen molar-refractivity contribution in [2.45, 2.75) is 87.9 Å². The fourth-order valence-corrected chi connectivity index (χ4v) is 6.13. The highest BCUT2D eigenvalue weighted by Gasteiger charge is 2.48. The number of aromatic hydroxyl groups is 3. The molecule has 1 aliphatic heterocycles. The number of phenolic OH excluding ortho intramolecular Hbond substituents is 3. The molecule has 8 N–H and O–H groups in total. The normalized spacial score (nSPS) is 30.5. The lowest BCUT2D eigenvalue weighted by Crippen LogP contribution is -2.65. The van der Waals surface area contributed by atoms with Crippen molar-refractivity contribution in [1.82, 2.24) is 5.32 Å². The number of ether oxygens (including phenoxy) is 2. The van der Waals surface area contributed by atoms with Gasteiger partial charge in [-0.2, -0.15) is 0 Å². The minimum atomic E-state index is -1.62. The predicted molar refractivity (Wildman–Crippen MR) is 140 cm³/mol. The first-order valence-corrected chi connectivity index (χ1v) is 14.2. The van der Waals surface area contributed by atoms with E-state index < -0.39 is 65.2 Å². The van der Waals surface area contributed by atoms with Crippen LogP contribution in [0.2, 0.25) is 0 Å². The van der Waals surface area contributed by atoms with Gasteiger partial charge < -0.3 is 50.5 Å². The third-order valence-electron chi connectivity index (χ3n) is 7.30. The van der Waals surface area contributed by atoms with Gasteiger partial charge in [-0.05, 0) is 44.2 Å². The smallest absolute Gasteiger partial charge is 0.338 e. The van der Waals surface area contributed by atoms with Gasteiger partial charge in [0.25, 0.3) is 0 Å². The van der Waals surface area contributed by atoms with Gasteiger partial charge >= 0.3 is 5.97 Å². The van der Waals surface area contributed by atoms with Gasteiger partial charge in [0.15, 0.2) is 17.2 Å². The van der Waals surface area contributed by atoms with Gasteiger partial charge in [-0.15, -0.1) is 11.8 Å². The third-order valence-corrected chi connectivity index (χ3v) is 8.42. The quantitative estimate of drug-likeness (QED) is 0.104. The second kappa shape index (κ2) is 13.9. The standard InChI is InChI=1S/C26H39NO11S/c1-3-4-13-5-6-14(9-13)24(35)27-18(12(2)28)23-21(33)20(32)22(34)26(38-23)39-8-7-37-25(36)15-10-16(29)19(31)17(30)11-15/h10-14,18,20-23,26,28-34H,3-9H2,1-2H3,(H,27,35)/t12-,13+,14+,18-,20+,21-,22-,23-,26-/m1/s1. The lowest BCUT2D eigenvalue weighted by Gasteiger charge is -2.44. The molecule has 1 saturated carbocycles. The number of benzene rings is 1. The minimum absolute atomic E-state index is 0.0889. The van der Waals surface area contributed by atoms with Crippen LogP contribution in [-0.4, -0.2) is 102 Å². The van der Waals surface area contributed by atoms with Crippen molar-refractivity contribution >= 4 is 23.6 Å². The number of thioether (sulfide) groups is 1.